The molecule has 3 N–H and O–H groups in total. The number of unbranched alkanes of at least 4 members (excludes halogenated alkanes) is 1. The smallest absolute Gasteiger partial charge is 0.327 e. The number of carboxylic acids is 1. The van der Waals surface area contributed by atoms with Crippen molar-refractivity contribution < 1.29 is 27.9 Å². The van der Waals surface area contributed by atoms with E-state index >= 15 is 0 Å². The average molecular weight is 542 g/mol. The number of rotatable bonds is 11. The van der Waals surface area contributed by atoms with Crippen molar-refractivity contribution in [2.24, 2.45) is 0 Å². The Kier molecular flexibility index (Phi) is 8.70. The second-order valence-corrected chi connectivity index (χ2v) is 9.79. The standard InChI is InChI=1S/C26H27N3O6S2/c30-25(31)22(11-6-7-15-28(36)26(32)27-17-18-8-2-1-3-9-18)29(37(33)34)19-13-14-24-21(16-19)20-10-4-5-12-23(20)35-24/h1-5,8-10,12-14,16,22,36H,6-7,11,15,17H2,(H,27,32)(H,30,31)(H,33,34). The molecule has 37 heavy (non-hydrogen) atoms. The Labute approximate surface area is 222 Å². The number of aliphatic carboxylic acids is 1. The molecule has 0 saturated carbocycles. The number of carbonyl (C=O) groups excluding carboxylic acids is 1. The molecule has 11 heteroatoms. The van der Waals surface area contributed by atoms with Gasteiger partial charge in [0.2, 0.25) is 0 Å². The van der Waals surface area contributed by atoms with Gasteiger partial charge >= 0.3 is 12.0 Å². The van der Waals surface area contributed by atoms with Crippen LogP contribution in [0.2, 0.25) is 0 Å². The number of carbonyl (C=O) groups is 2. The fourth-order valence-corrected chi connectivity index (χ4v) is 5.06. The molecule has 2 amide bonds. The van der Waals surface area contributed by atoms with Gasteiger partial charge in [-0.1, -0.05) is 61.3 Å². The molecule has 1 aromatic heterocycles. The third-order valence-corrected chi connectivity index (χ3v) is 7.15. The highest BCUT2D eigenvalue weighted by Crippen LogP contribution is 2.33. The van der Waals surface area contributed by atoms with Crippen LogP contribution in [0.1, 0.15) is 24.8 Å². The molecule has 0 radical (unpaired) electrons. The van der Waals surface area contributed by atoms with E-state index in [1.807, 2.05) is 54.6 Å². The van der Waals surface area contributed by atoms with Gasteiger partial charge in [-0.15, -0.1) is 0 Å². The first-order chi connectivity index (χ1) is 17.8. The quantitative estimate of drug-likeness (QED) is 0.117. The van der Waals surface area contributed by atoms with E-state index in [1.165, 1.54) is 4.31 Å². The summed E-state index contributed by atoms with van der Waals surface area (Å²) in [6.45, 7) is 0.649. The molecule has 1 heterocycles. The Bertz CT molecular complexity index is 1410. The van der Waals surface area contributed by atoms with Crippen LogP contribution in [0.25, 0.3) is 21.9 Å². The Hall–Kier alpha value is -3.54. The summed E-state index contributed by atoms with van der Waals surface area (Å²) in [6, 6.07) is 20.2. The normalized spacial score (nSPS) is 12.8. The highest BCUT2D eigenvalue weighted by Gasteiger charge is 2.30. The van der Waals surface area contributed by atoms with Crippen molar-refractivity contribution in [1.29, 1.82) is 0 Å². The van der Waals surface area contributed by atoms with E-state index in [1.54, 1.807) is 18.2 Å². The number of carboxylic acid groups (broad SMARTS) is 1. The molecule has 3 aromatic carbocycles. The maximum absolute atomic E-state index is 12.3. The Morgan fingerprint density at radius 3 is 2.41 bits per heavy atom. The van der Waals surface area contributed by atoms with Gasteiger partial charge in [0.15, 0.2) is 0 Å². The summed E-state index contributed by atoms with van der Waals surface area (Å²) in [5, 5.41) is 14.2. The zero-order valence-electron chi connectivity index (χ0n) is 19.8. The molecule has 0 aliphatic carbocycles. The molecule has 0 aliphatic rings. The molecule has 0 fully saturated rings. The van der Waals surface area contributed by atoms with Crippen LogP contribution in [0.3, 0.4) is 0 Å². The monoisotopic (exact) mass is 541 g/mol. The van der Waals surface area contributed by atoms with Crippen LogP contribution in [-0.4, -0.2) is 42.8 Å². The van der Waals surface area contributed by atoms with E-state index in [9.17, 15) is 23.5 Å². The number of amides is 2. The van der Waals surface area contributed by atoms with E-state index in [-0.39, 0.29) is 19.0 Å². The van der Waals surface area contributed by atoms with Crippen LogP contribution in [0.15, 0.2) is 77.2 Å². The van der Waals surface area contributed by atoms with Crippen LogP contribution in [-0.2, 0) is 22.6 Å². The Morgan fingerprint density at radius 1 is 0.973 bits per heavy atom. The number of hydrogen-bond acceptors (Lipinski definition) is 5. The third-order valence-electron chi connectivity index (χ3n) is 5.97. The molecule has 0 spiro atoms. The minimum absolute atomic E-state index is 0.0963. The fourth-order valence-electron chi connectivity index (χ4n) is 4.14. The Balaban J connectivity index is 1.39. The van der Waals surface area contributed by atoms with Gasteiger partial charge in [-0.2, -0.15) is 0 Å². The number of anilines is 1. The zero-order valence-corrected chi connectivity index (χ0v) is 21.5. The van der Waals surface area contributed by atoms with Crippen molar-refractivity contribution in [2.75, 3.05) is 10.8 Å². The van der Waals surface area contributed by atoms with Gasteiger partial charge in [-0.05, 0) is 49.1 Å². The lowest BCUT2D eigenvalue weighted by Crippen LogP contribution is -2.42. The number of urea groups is 1. The van der Waals surface area contributed by atoms with Crippen molar-refractivity contribution >= 4 is 63.7 Å². The van der Waals surface area contributed by atoms with Gasteiger partial charge in [0.1, 0.15) is 17.2 Å². The number of thiol groups is 1. The van der Waals surface area contributed by atoms with Gasteiger partial charge in [-0.25, -0.2) is 13.8 Å². The summed E-state index contributed by atoms with van der Waals surface area (Å²) >= 11 is 1.64. The van der Waals surface area contributed by atoms with Gasteiger partial charge in [0, 0.05) is 23.9 Å². The van der Waals surface area contributed by atoms with Crippen molar-refractivity contribution in [3.05, 3.63) is 78.4 Å². The lowest BCUT2D eigenvalue weighted by atomic mass is 10.1. The van der Waals surface area contributed by atoms with Crippen molar-refractivity contribution in [2.45, 2.75) is 31.8 Å². The molecule has 4 rings (SSSR count). The number of nitrogens with one attached hydrogen (secondary N) is 1. The average Bonchev–Trinajstić information content (AvgIpc) is 3.27. The summed E-state index contributed by atoms with van der Waals surface area (Å²) in [5.41, 5.74) is 2.52. The first kappa shape index (κ1) is 26.5. The van der Waals surface area contributed by atoms with Gasteiger partial charge in [0.25, 0.3) is 11.3 Å². The lowest BCUT2D eigenvalue weighted by Gasteiger charge is -2.27. The highest BCUT2D eigenvalue weighted by molar-refractivity contribution is 7.80. The second kappa shape index (κ2) is 12.1. The zero-order chi connectivity index (χ0) is 26.4. The highest BCUT2D eigenvalue weighted by atomic mass is 32.2. The molecule has 0 bridgehead atoms. The molecule has 9 nitrogen and oxygen atoms in total. The molecule has 0 saturated heterocycles. The first-order valence-corrected chi connectivity index (χ1v) is 13.1. The van der Waals surface area contributed by atoms with Crippen molar-refractivity contribution in [3.63, 3.8) is 0 Å². The molecule has 194 valence electrons. The van der Waals surface area contributed by atoms with E-state index in [4.69, 9.17) is 4.42 Å². The predicted molar refractivity (Wildman–Crippen MR) is 147 cm³/mol. The third kappa shape index (κ3) is 6.43. The summed E-state index contributed by atoms with van der Waals surface area (Å²) < 4.78 is 30.3. The minimum Gasteiger partial charge on any atom is -0.480 e. The first-order valence-electron chi connectivity index (χ1n) is 11.7. The van der Waals surface area contributed by atoms with Crippen molar-refractivity contribution in [1.82, 2.24) is 9.62 Å². The topological polar surface area (TPSA) is 123 Å². The van der Waals surface area contributed by atoms with Gasteiger partial charge < -0.3 is 14.8 Å². The van der Waals surface area contributed by atoms with Gasteiger partial charge in [0.05, 0.1) is 5.69 Å². The number of furan rings is 1. The van der Waals surface area contributed by atoms with E-state index in [0.29, 0.717) is 36.2 Å². The van der Waals surface area contributed by atoms with Crippen LogP contribution in [0, 0.1) is 0 Å². The van der Waals surface area contributed by atoms with Crippen LogP contribution >= 0.6 is 12.8 Å². The van der Waals surface area contributed by atoms with Crippen LogP contribution in [0.4, 0.5) is 10.5 Å². The fraction of sp³-hybridized carbons (Fsp3) is 0.231. The summed E-state index contributed by atoms with van der Waals surface area (Å²) in [6.07, 6.45) is 0.951. The lowest BCUT2D eigenvalue weighted by molar-refractivity contribution is -0.138. The van der Waals surface area contributed by atoms with E-state index in [0.717, 1.165) is 20.6 Å². The molecular weight excluding hydrogens is 514 g/mol. The molecule has 4 aromatic rings. The maximum atomic E-state index is 12.3. The summed E-state index contributed by atoms with van der Waals surface area (Å²) in [5.74, 6) is -1.22. The number of para-hydroxylation sites is 1. The SMILES string of the molecule is O=C(O)C(CCCCN(S)C(=O)NCc1ccccc1)N(c1ccc2oc3ccccc3c2c1)S(=O)O. The van der Waals surface area contributed by atoms with Crippen LogP contribution in [0.5, 0.6) is 0 Å². The Morgan fingerprint density at radius 2 is 1.68 bits per heavy atom. The minimum atomic E-state index is -2.58. The number of nitrogens with zero attached hydrogens (tertiary/aromatic N) is 2. The summed E-state index contributed by atoms with van der Waals surface area (Å²) in [4.78, 5) is 24.4. The van der Waals surface area contributed by atoms with E-state index < -0.39 is 23.3 Å². The second-order valence-electron chi connectivity index (χ2n) is 8.45. The maximum Gasteiger partial charge on any atom is 0.327 e. The molecule has 2 atom stereocenters. The van der Waals surface area contributed by atoms with Crippen LogP contribution < -0.4 is 9.62 Å². The molecule has 2 unspecified atom stereocenters. The number of hydrogen-bond donors (Lipinski definition) is 4. The van der Waals surface area contributed by atoms with Gasteiger partial charge in [-0.3, -0.25) is 13.2 Å². The number of fused-ring (bicyclic) bond motifs is 3. The van der Waals surface area contributed by atoms with Crippen molar-refractivity contribution in [3.8, 4) is 0 Å². The number of benzene rings is 3. The predicted octanol–water partition coefficient (Wildman–Crippen LogP) is 5.21. The largest absolute Gasteiger partial charge is 0.480 e. The summed E-state index contributed by atoms with van der Waals surface area (Å²) in [7, 11) is 0. The molecular formula is C26H27N3O6S2. The molecule has 0 aliphatic heterocycles. The van der Waals surface area contributed by atoms with E-state index in [2.05, 4.69) is 18.1 Å².